The first kappa shape index (κ1) is 17.9. The number of ether oxygens (including phenoxy) is 1. The van der Waals surface area contributed by atoms with Gasteiger partial charge in [0.05, 0.1) is 11.4 Å². The number of nitrogens with zero attached hydrogens (tertiary/aromatic N) is 3. The van der Waals surface area contributed by atoms with E-state index in [4.69, 9.17) is 4.74 Å². The summed E-state index contributed by atoms with van der Waals surface area (Å²) in [6, 6.07) is 9.70. The van der Waals surface area contributed by atoms with E-state index in [2.05, 4.69) is 15.1 Å². The average Bonchev–Trinajstić information content (AvgIpc) is 2.95. The second kappa shape index (κ2) is 7.55. The van der Waals surface area contributed by atoms with Crippen molar-refractivity contribution in [3.63, 3.8) is 0 Å². The lowest BCUT2D eigenvalue weighted by Gasteiger charge is -2.33. The second-order valence-corrected chi connectivity index (χ2v) is 8.05. The molecule has 136 valence electrons. The van der Waals surface area contributed by atoms with E-state index in [1.807, 2.05) is 30.3 Å². The summed E-state index contributed by atoms with van der Waals surface area (Å²) in [5.41, 5.74) is 1.12. The summed E-state index contributed by atoms with van der Waals surface area (Å²) in [5.74, 6) is 0.856. The molecule has 0 bridgehead atoms. The number of nitrogens with one attached hydrogen (secondary N) is 1. The first-order valence-electron chi connectivity index (χ1n) is 8.40. The van der Waals surface area contributed by atoms with Crippen molar-refractivity contribution >= 4 is 10.0 Å². The molecule has 1 aromatic carbocycles. The monoisotopic (exact) mass is 364 g/mol. The van der Waals surface area contributed by atoms with E-state index in [-0.39, 0.29) is 0 Å². The SMILES string of the molecule is Cc1n[nH]c(C)c1S(=O)(=O)N1CCN(CCOc2ccccc2)CC1. The molecule has 2 aromatic rings. The molecule has 0 amide bonds. The third-order valence-corrected chi connectivity index (χ3v) is 6.57. The van der Waals surface area contributed by atoms with Crippen LogP contribution in [0.1, 0.15) is 11.4 Å². The van der Waals surface area contributed by atoms with Gasteiger partial charge in [-0.25, -0.2) is 8.42 Å². The van der Waals surface area contributed by atoms with Crippen LogP contribution in [0.3, 0.4) is 0 Å². The quantitative estimate of drug-likeness (QED) is 0.838. The summed E-state index contributed by atoms with van der Waals surface area (Å²) in [7, 11) is -3.49. The summed E-state index contributed by atoms with van der Waals surface area (Å²) >= 11 is 0. The fourth-order valence-corrected chi connectivity index (χ4v) is 4.81. The molecule has 1 saturated heterocycles. The van der Waals surface area contributed by atoms with Crippen LogP contribution in [0.4, 0.5) is 0 Å². The van der Waals surface area contributed by atoms with Crippen LogP contribution in [0.2, 0.25) is 0 Å². The van der Waals surface area contributed by atoms with Gasteiger partial charge in [0.15, 0.2) is 0 Å². The van der Waals surface area contributed by atoms with Gasteiger partial charge in [-0.1, -0.05) is 18.2 Å². The molecule has 1 fully saturated rings. The fourth-order valence-electron chi connectivity index (χ4n) is 3.05. The van der Waals surface area contributed by atoms with Crippen LogP contribution in [0.25, 0.3) is 0 Å². The van der Waals surface area contributed by atoms with Crippen LogP contribution in [0.15, 0.2) is 35.2 Å². The van der Waals surface area contributed by atoms with Gasteiger partial charge in [-0.2, -0.15) is 9.40 Å². The maximum Gasteiger partial charge on any atom is 0.246 e. The Labute approximate surface area is 148 Å². The Morgan fingerprint density at radius 1 is 1.12 bits per heavy atom. The molecule has 8 heteroatoms. The minimum absolute atomic E-state index is 0.313. The molecule has 1 aromatic heterocycles. The van der Waals surface area contributed by atoms with Gasteiger partial charge < -0.3 is 4.74 Å². The molecular weight excluding hydrogens is 340 g/mol. The van der Waals surface area contributed by atoms with Crippen LogP contribution in [-0.2, 0) is 10.0 Å². The predicted octanol–water partition coefficient (Wildman–Crippen LogP) is 1.41. The summed E-state index contributed by atoms with van der Waals surface area (Å²) < 4.78 is 32.9. The smallest absolute Gasteiger partial charge is 0.246 e. The van der Waals surface area contributed by atoms with Crippen molar-refractivity contribution in [1.82, 2.24) is 19.4 Å². The number of benzene rings is 1. The summed E-state index contributed by atoms with van der Waals surface area (Å²) in [5, 5.41) is 6.76. The molecule has 3 rings (SSSR count). The molecule has 1 aliphatic rings. The van der Waals surface area contributed by atoms with Gasteiger partial charge in [-0.3, -0.25) is 10.00 Å². The fraction of sp³-hybridized carbons (Fsp3) is 0.471. The van der Waals surface area contributed by atoms with Gasteiger partial charge >= 0.3 is 0 Å². The van der Waals surface area contributed by atoms with Gasteiger partial charge in [0.2, 0.25) is 10.0 Å². The van der Waals surface area contributed by atoms with E-state index < -0.39 is 10.0 Å². The van der Waals surface area contributed by atoms with Gasteiger partial charge in [0, 0.05) is 32.7 Å². The Morgan fingerprint density at radius 2 is 1.80 bits per heavy atom. The predicted molar refractivity (Wildman–Crippen MR) is 95.2 cm³/mol. The molecule has 0 saturated carbocycles. The van der Waals surface area contributed by atoms with Crippen LogP contribution >= 0.6 is 0 Å². The minimum atomic E-state index is -3.49. The number of piperazine rings is 1. The zero-order valence-electron chi connectivity index (χ0n) is 14.6. The van der Waals surface area contributed by atoms with E-state index in [0.717, 1.165) is 12.3 Å². The molecule has 1 N–H and O–H groups in total. The highest BCUT2D eigenvalue weighted by Gasteiger charge is 2.32. The topological polar surface area (TPSA) is 78.5 Å². The van der Waals surface area contributed by atoms with Gasteiger partial charge in [-0.05, 0) is 26.0 Å². The molecule has 7 nitrogen and oxygen atoms in total. The van der Waals surface area contributed by atoms with Crippen molar-refractivity contribution in [3.05, 3.63) is 41.7 Å². The lowest BCUT2D eigenvalue weighted by molar-refractivity contribution is 0.159. The van der Waals surface area contributed by atoms with E-state index in [1.54, 1.807) is 18.2 Å². The number of hydrogen-bond donors (Lipinski definition) is 1. The largest absolute Gasteiger partial charge is 0.492 e. The molecule has 25 heavy (non-hydrogen) atoms. The number of aryl methyl sites for hydroxylation is 2. The van der Waals surface area contributed by atoms with Gasteiger partial charge in [0.25, 0.3) is 0 Å². The minimum Gasteiger partial charge on any atom is -0.492 e. The van der Waals surface area contributed by atoms with Crippen molar-refractivity contribution in [2.45, 2.75) is 18.7 Å². The van der Waals surface area contributed by atoms with Crippen molar-refractivity contribution in [1.29, 1.82) is 0 Å². The number of sulfonamides is 1. The van der Waals surface area contributed by atoms with Crippen molar-refractivity contribution in [3.8, 4) is 5.75 Å². The van der Waals surface area contributed by atoms with Crippen LogP contribution in [0, 0.1) is 13.8 Å². The number of H-pyrrole nitrogens is 1. The zero-order chi connectivity index (χ0) is 17.9. The van der Waals surface area contributed by atoms with E-state index in [0.29, 0.717) is 49.1 Å². The molecule has 0 aliphatic carbocycles. The summed E-state index contributed by atoms with van der Waals surface area (Å²) in [6.07, 6.45) is 0. The zero-order valence-corrected chi connectivity index (χ0v) is 15.4. The first-order chi connectivity index (χ1) is 12.0. The maximum atomic E-state index is 12.8. The number of aromatic nitrogens is 2. The number of para-hydroxylation sites is 1. The van der Waals surface area contributed by atoms with E-state index in [9.17, 15) is 8.42 Å². The molecule has 0 spiro atoms. The third-order valence-electron chi connectivity index (χ3n) is 4.41. The lowest BCUT2D eigenvalue weighted by atomic mass is 10.3. The second-order valence-electron chi connectivity index (χ2n) is 6.17. The van der Waals surface area contributed by atoms with Crippen molar-refractivity contribution in [2.75, 3.05) is 39.3 Å². The Balaban J connectivity index is 1.52. The van der Waals surface area contributed by atoms with Gasteiger partial charge in [-0.15, -0.1) is 0 Å². The number of hydrogen-bond acceptors (Lipinski definition) is 5. The Kier molecular flexibility index (Phi) is 5.41. The molecule has 1 aliphatic heterocycles. The highest BCUT2D eigenvalue weighted by molar-refractivity contribution is 7.89. The van der Waals surface area contributed by atoms with Crippen LogP contribution < -0.4 is 4.74 Å². The molecule has 0 radical (unpaired) electrons. The first-order valence-corrected chi connectivity index (χ1v) is 9.84. The van der Waals surface area contributed by atoms with Crippen molar-refractivity contribution < 1.29 is 13.2 Å². The van der Waals surface area contributed by atoms with E-state index in [1.165, 1.54) is 0 Å². The number of aromatic amines is 1. The Morgan fingerprint density at radius 3 is 2.40 bits per heavy atom. The highest BCUT2D eigenvalue weighted by Crippen LogP contribution is 2.22. The lowest BCUT2D eigenvalue weighted by Crippen LogP contribution is -2.49. The standard InChI is InChI=1S/C17H24N4O3S/c1-14-17(15(2)19-18-14)25(22,23)21-10-8-20(9-11-21)12-13-24-16-6-4-3-5-7-16/h3-7H,8-13H2,1-2H3,(H,18,19). The molecule has 2 heterocycles. The van der Waals surface area contributed by atoms with Crippen molar-refractivity contribution in [2.24, 2.45) is 0 Å². The Hall–Kier alpha value is -1.90. The third kappa shape index (κ3) is 4.02. The maximum absolute atomic E-state index is 12.8. The van der Waals surface area contributed by atoms with Gasteiger partial charge in [0.1, 0.15) is 17.3 Å². The van der Waals surface area contributed by atoms with Crippen LogP contribution in [0.5, 0.6) is 5.75 Å². The number of rotatable bonds is 6. The Bertz CT molecular complexity index is 777. The average molecular weight is 364 g/mol. The summed E-state index contributed by atoms with van der Waals surface area (Å²) in [6.45, 7) is 7.21. The molecular formula is C17H24N4O3S. The normalized spacial score (nSPS) is 16.9. The highest BCUT2D eigenvalue weighted by atomic mass is 32.2. The molecule has 0 atom stereocenters. The van der Waals surface area contributed by atoms with E-state index >= 15 is 0 Å². The van der Waals surface area contributed by atoms with Crippen LogP contribution in [-0.4, -0.2) is 67.2 Å². The summed E-state index contributed by atoms with van der Waals surface area (Å²) in [4.78, 5) is 2.54. The molecule has 0 unspecified atom stereocenters.